The third-order valence-corrected chi connectivity index (χ3v) is 7.87. The maximum absolute atomic E-state index is 13.5. The summed E-state index contributed by atoms with van der Waals surface area (Å²) in [5.74, 6) is 1.01. The summed E-state index contributed by atoms with van der Waals surface area (Å²) in [5, 5.41) is 14.9. The fourth-order valence-electron chi connectivity index (χ4n) is 4.65. The van der Waals surface area contributed by atoms with E-state index in [2.05, 4.69) is 10.3 Å². The number of halogens is 1. The lowest BCUT2D eigenvalue weighted by Gasteiger charge is -2.26. The minimum Gasteiger partial charge on any atom is -0.459 e. The van der Waals surface area contributed by atoms with E-state index in [-0.39, 0.29) is 23.6 Å². The molecule has 40 heavy (non-hydrogen) atoms. The van der Waals surface area contributed by atoms with E-state index >= 15 is 0 Å². The van der Waals surface area contributed by atoms with Crippen molar-refractivity contribution in [2.24, 2.45) is 0 Å². The van der Waals surface area contributed by atoms with E-state index in [0.29, 0.717) is 16.6 Å². The molecule has 1 fully saturated rings. The van der Waals surface area contributed by atoms with Crippen LogP contribution in [0.15, 0.2) is 124 Å². The molecule has 2 atom stereocenters. The number of thiocarbonyl (C=S) groups is 1. The first-order chi connectivity index (χ1) is 19.5. The molecular formula is C30H21FN4O3S2. The lowest BCUT2D eigenvalue weighted by Crippen LogP contribution is -2.29. The summed E-state index contributed by atoms with van der Waals surface area (Å²) in [6.07, 6.45) is 1.75. The SMILES string of the molecule is O=[N+]([O-])c1ccc(Sc2ccc(N3C(=S)N[C@H](c4ccccn4)[C@H]3c3ccc(-c4ccc(F)cc4)o3)cc2)cc1. The highest BCUT2D eigenvalue weighted by atomic mass is 32.2. The largest absolute Gasteiger partial charge is 0.459 e. The summed E-state index contributed by atoms with van der Waals surface area (Å²) in [7, 11) is 0. The first kappa shape index (κ1) is 25.7. The molecule has 198 valence electrons. The van der Waals surface area contributed by atoms with Gasteiger partial charge in [-0.3, -0.25) is 15.1 Å². The van der Waals surface area contributed by atoms with Gasteiger partial charge in [0.15, 0.2) is 5.11 Å². The number of non-ortho nitro benzene ring substituents is 1. The van der Waals surface area contributed by atoms with E-state index in [1.165, 1.54) is 36.0 Å². The summed E-state index contributed by atoms with van der Waals surface area (Å²) in [6.45, 7) is 0. The lowest BCUT2D eigenvalue weighted by molar-refractivity contribution is -0.384. The number of anilines is 1. The van der Waals surface area contributed by atoms with Crippen LogP contribution in [0.1, 0.15) is 23.5 Å². The summed E-state index contributed by atoms with van der Waals surface area (Å²) < 4.78 is 19.8. The Kier molecular flexibility index (Phi) is 7.02. The van der Waals surface area contributed by atoms with Crippen LogP contribution in [0.2, 0.25) is 0 Å². The van der Waals surface area contributed by atoms with Crippen LogP contribution in [-0.2, 0) is 0 Å². The number of furan rings is 1. The molecule has 0 saturated carbocycles. The normalized spacial score (nSPS) is 16.6. The molecule has 0 bridgehead atoms. The van der Waals surface area contributed by atoms with Crippen LogP contribution in [0.3, 0.4) is 0 Å². The molecule has 1 aliphatic rings. The van der Waals surface area contributed by atoms with E-state index < -0.39 is 4.92 Å². The molecule has 0 unspecified atom stereocenters. The highest BCUT2D eigenvalue weighted by molar-refractivity contribution is 7.99. The molecule has 1 N–H and O–H groups in total. The number of nitro groups is 1. The van der Waals surface area contributed by atoms with Gasteiger partial charge in [-0.1, -0.05) is 17.8 Å². The minimum atomic E-state index is -0.410. The molecule has 2 aromatic heterocycles. The Balaban J connectivity index is 1.31. The lowest BCUT2D eigenvalue weighted by atomic mass is 10.0. The maximum atomic E-state index is 13.5. The minimum absolute atomic E-state index is 0.0590. The Bertz CT molecular complexity index is 1660. The zero-order valence-electron chi connectivity index (χ0n) is 20.8. The summed E-state index contributed by atoms with van der Waals surface area (Å²) in [6, 6.07) is 29.5. The monoisotopic (exact) mass is 568 g/mol. The Morgan fingerprint density at radius 2 is 1.62 bits per heavy atom. The van der Waals surface area contributed by atoms with Crippen molar-refractivity contribution in [3.05, 3.63) is 137 Å². The standard InChI is InChI=1S/C30H21FN4O3S2/c31-20-6-4-19(5-7-20)26-16-17-27(38-26)29-28(25-3-1-2-18-32-25)33-30(39)34(29)21-8-12-23(13-9-21)40-24-14-10-22(11-15-24)35(36)37/h1-18,28-29H,(H,33,39)/t28-,29-/m1/s1. The van der Waals surface area contributed by atoms with Gasteiger partial charge in [-0.15, -0.1) is 0 Å². The zero-order chi connectivity index (χ0) is 27.6. The topological polar surface area (TPSA) is 84.4 Å². The number of nitrogens with one attached hydrogen (secondary N) is 1. The second kappa shape index (κ2) is 10.9. The van der Waals surface area contributed by atoms with Crippen molar-refractivity contribution < 1.29 is 13.7 Å². The predicted molar refractivity (Wildman–Crippen MR) is 156 cm³/mol. The fourth-order valence-corrected chi connectivity index (χ4v) is 5.81. The van der Waals surface area contributed by atoms with Crippen LogP contribution in [-0.4, -0.2) is 15.0 Å². The van der Waals surface area contributed by atoms with Crippen LogP contribution in [0.5, 0.6) is 0 Å². The molecule has 3 heterocycles. The van der Waals surface area contributed by atoms with Gasteiger partial charge < -0.3 is 14.6 Å². The average Bonchev–Trinajstić information content (AvgIpc) is 3.59. The second-order valence-corrected chi connectivity index (χ2v) is 10.6. The van der Waals surface area contributed by atoms with Crippen LogP contribution >= 0.6 is 24.0 Å². The number of hydrogen-bond acceptors (Lipinski definition) is 6. The number of nitrogens with zero attached hydrogens (tertiary/aromatic N) is 3. The smallest absolute Gasteiger partial charge is 0.269 e. The van der Waals surface area contributed by atoms with E-state index in [1.807, 2.05) is 59.5 Å². The number of aromatic nitrogens is 1. The number of pyridine rings is 1. The Labute approximate surface area is 238 Å². The average molecular weight is 569 g/mol. The molecule has 5 aromatic rings. The molecule has 3 aromatic carbocycles. The van der Waals surface area contributed by atoms with Gasteiger partial charge >= 0.3 is 0 Å². The zero-order valence-corrected chi connectivity index (χ0v) is 22.4. The van der Waals surface area contributed by atoms with E-state index in [4.69, 9.17) is 16.6 Å². The quantitative estimate of drug-likeness (QED) is 0.121. The Morgan fingerprint density at radius 3 is 2.27 bits per heavy atom. The summed E-state index contributed by atoms with van der Waals surface area (Å²) >= 11 is 7.32. The van der Waals surface area contributed by atoms with E-state index in [9.17, 15) is 14.5 Å². The predicted octanol–water partition coefficient (Wildman–Crippen LogP) is 7.72. The Hall–Kier alpha value is -4.54. The van der Waals surface area contributed by atoms with Gasteiger partial charge in [0.2, 0.25) is 0 Å². The van der Waals surface area contributed by atoms with Crippen molar-refractivity contribution in [1.29, 1.82) is 0 Å². The third-order valence-electron chi connectivity index (χ3n) is 6.54. The molecule has 6 rings (SSSR count). The first-order valence-electron chi connectivity index (χ1n) is 12.3. The van der Waals surface area contributed by atoms with Gasteiger partial charge in [-0.25, -0.2) is 4.39 Å². The fraction of sp³-hybridized carbons (Fsp3) is 0.0667. The second-order valence-electron chi connectivity index (χ2n) is 9.05. The molecule has 1 aliphatic heterocycles. The molecular weight excluding hydrogens is 547 g/mol. The van der Waals surface area contributed by atoms with Gasteiger partial charge in [-0.2, -0.15) is 0 Å². The van der Waals surface area contributed by atoms with Crippen molar-refractivity contribution in [1.82, 2.24) is 10.3 Å². The Morgan fingerprint density at radius 1 is 0.925 bits per heavy atom. The summed E-state index contributed by atoms with van der Waals surface area (Å²) in [5.41, 5.74) is 2.52. The van der Waals surface area contributed by atoms with E-state index in [1.54, 1.807) is 30.5 Å². The number of hydrogen-bond donors (Lipinski definition) is 1. The van der Waals surface area contributed by atoms with Crippen LogP contribution in [0.25, 0.3) is 11.3 Å². The molecule has 0 radical (unpaired) electrons. The van der Waals surface area contributed by atoms with Crippen LogP contribution < -0.4 is 10.2 Å². The van der Waals surface area contributed by atoms with Gasteiger partial charge in [0.1, 0.15) is 23.4 Å². The molecule has 7 nitrogen and oxygen atoms in total. The molecule has 0 aliphatic carbocycles. The van der Waals surface area contributed by atoms with Gasteiger partial charge in [-0.05, 0) is 97.1 Å². The van der Waals surface area contributed by atoms with Crippen molar-refractivity contribution in [3.8, 4) is 11.3 Å². The molecule has 0 spiro atoms. The van der Waals surface area contributed by atoms with Gasteiger partial charge in [0.05, 0.1) is 16.7 Å². The highest BCUT2D eigenvalue weighted by Gasteiger charge is 2.42. The first-order valence-corrected chi connectivity index (χ1v) is 13.6. The van der Waals surface area contributed by atoms with Crippen LogP contribution in [0.4, 0.5) is 15.8 Å². The van der Waals surface area contributed by atoms with Crippen molar-refractivity contribution in [3.63, 3.8) is 0 Å². The van der Waals surface area contributed by atoms with Gasteiger partial charge in [0, 0.05) is 39.4 Å². The number of rotatable bonds is 7. The van der Waals surface area contributed by atoms with Crippen molar-refractivity contribution in [2.75, 3.05) is 4.90 Å². The van der Waals surface area contributed by atoms with Gasteiger partial charge in [0.25, 0.3) is 5.69 Å². The summed E-state index contributed by atoms with van der Waals surface area (Å²) in [4.78, 5) is 19.0. The molecule has 0 amide bonds. The van der Waals surface area contributed by atoms with Crippen molar-refractivity contribution in [2.45, 2.75) is 21.9 Å². The molecule has 1 saturated heterocycles. The van der Waals surface area contributed by atoms with Crippen LogP contribution in [0, 0.1) is 15.9 Å². The van der Waals surface area contributed by atoms with Crippen molar-refractivity contribution >= 4 is 40.5 Å². The third kappa shape index (κ3) is 5.18. The highest BCUT2D eigenvalue weighted by Crippen LogP contribution is 2.43. The number of benzene rings is 3. The maximum Gasteiger partial charge on any atom is 0.269 e. The number of nitro benzene ring substituents is 1. The molecule has 10 heteroatoms. The van der Waals surface area contributed by atoms with E-state index in [0.717, 1.165) is 26.7 Å².